The molecule has 4 aliphatic rings. The second kappa shape index (κ2) is 8.67. The van der Waals surface area contributed by atoms with E-state index in [2.05, 4.69) is 22.0 Å². The molecule has 2 bridgehead atoms. The summed E-state index contributed by atoms with van der Waals surface area (Å²) >= 11 is 0. The third kappa shape index (κ3) is 4.03. The summed E-state index contributed by atoms with van der Waals surface area (Å²) in [5.74, 6) is -0.161. The first-order chi connectivity index (χ1) is 18.4. The number of aromatic nitrogens is 5. The van der Waals surface area contributed by atoms with Crippen LogP contribution in [0, 0.1) is 19.3 Å². The van der Waals surface area contributed by atoms with E-state index < -0.39 is 34.6 Å². The first-order valence-electron chi connectivity index (χ1n) is 12.8. The van der Waals surface area contributed by atoms with Crippen LogP contribution in [0.2, 0.25) is 0 Å². The highest BCUT2D eigenvalue weighted by Gasteiger charge is 2.79. The Morgan fingerprint density at radius 2 is 1.87 bits per heavy atom. The van der Waals surface area contributed by atoms with E-state index in [4.69, 9.17) is 14.7 Å². The van der Waals surface area contributed by atoms with E-state index in [0.29, 0.717) is 59.1 Å². The molecule has 3 aromatic heterocycles. The van der Waals surface area contributed by atoms with Gasteiger partial charge < -0.3 is 4.74 Å². The van der Waals surface area contributed by atoms with Crippen LogP contribution in [0.1, 0.15) is 72.6 Å². The Kier molecular flexibility index (Phi) is 5.69. The highest BCUT2D eigenvalue weighted by molar-refractivity contribution is 5.93. The van der Waals surface area contributed by atoms with Crippen LogP contribution in [-0.2, 0) is 14.9 Å². The van der Waals surface area contributed by atoms with Gasteiger partial charge in [-0.05, 0) is 63.7 Å². The lowest BCUT2D eigenvalue weighted by Gasteiger charge is -2.70. The summed E-state index contributed by atoms with van der Waals surface area (Å²) in [6, 6.07) is 2.99. The van der Waals surface area contributed by atoms with Crippen LogP contribution < -0.4 is 11.0 Å². The standard InChI is InChI=1S/C27H27F3N6O3/c1-4-19(37)35-36-10-17(5-6-20(36)38)18-9-16(7-8-39-18)23-33-22(21-24(34-23)32-15(3)14(2)31-21)25-11-26(12-25,13-25)27(28,29)30/h4-6,10,16,18H,1,7-9,11-13H2,2-3H3,(H,35,37). The number of carbonyl (C=O) groups is 1. The fourth-order valence-electron chi connectivity index (χ4n) is 6.23. The summed E-state index contributed by atoms with van der Waals surface area (Å²) in [7, 11) is 0. The normalized spacial score (nSPS) is 27.9. The SMILES string of the molecule is C=CC(=O)Nn1cc(C2CC(c3nc(C45CC(C(F)(F)F)(C4)C5)c4nc(C)c(C)nc4n3)CCO2)ccc1=O. The van der Waals surface area contributed by atoms with E-state index in [0.717, 1.165) is 10.8 Å². The lowest BCUT2D eigenvalue weighted by atomic mass is 9.34. The molecule has 204 valence electrons. The zero-order valence-corrected chi connectivity index (χ0v) is 21.5. The number of amides is 1. The van der Waals surface area contributed by atoms with Gasteiger partial charge in [0.2, 0.25) is 0 Å². The average molecular weight is 541 g/mol. The van der Waals surface area contributed by atoms with Gasteiger partial charge in [-0.25, -0.2) is 24.6 Å². The molecule has 1 saturated heterocycles. The Morgan fingerprint density at radius 1 is 1.15 bits per heavy atom. The molecule has 0 radical (unpaired) electrons. The number of rotatable bonds is 5. The fraction of sp³-hybridized carbons (Fsp3) is 0.481. The third-order valence-corrected chi connectivity index (χ3v) is 8.46. The molecule has 0 spiro atoms. The molecule has 3 aromatic rings. The van der Waals surface area contributed by atoms with Crippen molar-refractivity contribution in [1.82, 2.24) is 24.6 Å². The monoisotopic (exact) mass is 540 g/mol. The first-order valence-corrected chi connectivity index (χ1v) is 12.8. The van der Waals surface area contributed by atoms with Gasteiger partial charge in [0, 0.05) is 30.2 Å². The quantitative estimate of drug-likeness (QED) is 0.486. The fourth-order valence-corrected chi connectivity index (χ4v) is 6.23. The van der Waals surface area contributed by atoms with Crippen LogP contribution in [0.25, 0.3) is 11.2 Å². The van der Waals surface area contributed by atoms with Crippen molar-refractivity contribution in [3.05, 3.63) is 69.8 Å². The van der Waals surface area contributed by atoms with Gasteiger partial charge in [0.25, 0.3) is 11.5 Å². The highest BCUT2D eigenvalue weighted by Crippen LogP contribution is 2.78. The maximum absolute atomic E-state index is 13.6. The molecule has 1 amide bonds. The van der Waals surface area contributed by atoms with E-state index in [9.17, 15) is 22.8 Å². The van der Waals surface area contributed by atoms with Gasteiger partial charge in [0.1, 0.15) is 11.3 Å². The van der Waals surface area contributed by atoms with Crippen LogP contribution in [0.4, 0.5) is 13.2 Å². The Labute approximate surface area is 221 Å². The Bertz CT molecular complexity index is 1560. The van der Waals surface area contributed by atoms with E-state index in [1.807, 2.05) is 13.8 Å². The molecule has 1 N–H and O–H groups in total. The van der Waals surface area contributed by atoms with Crippen molar-refractivity contribution in [3.8, 4) is 0 Å². The number of ether oxygens (including phenoxy) is 1. The van der Waals surface area contributed by atoms with E-state index in [1.54, 1.807) is 6.07 Å². The predicted molar refractivity (Wildman–Crippen MR) is 135 cm³/mol. The van der Waals surface area contributed by atoms with Crippen LogP contribution in [-0.4, -0.2) is 43.3 Å². The van der Waals surface area contributed by atoms with Gasteiger partial charge in [-0.1, -0.05) is 6.58 Å². The van der Waals surface area contributed by atoms with Crippen LogP contribution in [0.15, 0.2) is 35.8 Å². The smallest absolute Gasteiger partial charge is 0.373 e. The summed E-state index contributed by atoms with van der Waals surface area (Å²) in [6.07, 6.45) is -0.923. The largest absolute Gasteiger partial charge is 0.394 e. The minimum Gasteiger partial charge on any atom is -0.373 e. The number of carbonyl (C=O) groups excluding carboxylic acids is 1. The number of alkyl halides is 3. The van der Waals surface area contributed by atoms with Gasteiger partial charge >= 0.3 is 6.18 Å². The van der Waals surface area contributed by atoms with Crippen molar-refractivity contribution in [3.63, 3.8) is 0 Å². The molecule has 7 rings (SSSR count). The van der Waals surface area contributed by atoms with Gasteiger partial charge in [0.15, 0.2) is 5.65 Å². The number of pyridine rings is 1. The molecular weight excluding hydrogens is 513 g/mol. The molecule has 9 nitrogen and oxygen atoms in total. The summed E-state index contributed by atoms with van der Waals surface area (Å²) in [4.78, 5) is 42.8. The van der Waals surface area contributed by atoms with E-state index >= 15 is 0 Å². The third-order valence-electron chi connectivity index (χ3n) is 8.46. The zero-order chi connectivity index (χ0) is 27.7. The second-order valence-corrected chi connectivity index (χ2v) is 11.0. The molecule has 1 aliphatic heterocycles. The van der Waals surface area contributed by atoms with Crippen LogP contribution in [0.3, 0.4) is 0 Å². The number of hydrogen-bond donors (Lipinski definition) is 1. The molecule has 3 aliphatic carbocycles. The maximum atomic E-state index is 13.6. The van der Waals surface area contributed by atoms with Gasteiger partial charge in [0.05, 0.1) is 28.6 Å². The minimum atomic E-state index is -4.23. The van der Waals surface area contributed by atoms with Crippen molar-refractivity contribution in [2.24, 2.45) is 5.41 Å². The zero-order valence-electron chi connectivity index (χ0n) is 21.5. The number of halogens is 3. The van der Waals surface area contributed by atoms with Gasteiger partial charge in [-0.3, -0.25) is 15.0 Å². The Balaban J connectivity index is 1.34. The Hall–Kier alpha value is -3.67. The lowest BCUT2D eigenvalue weighted by Crippen LogP contribution is -2.70. The number of aryl methyl sites for hydroxylation is 2. The molecule has 4 heterocycles. The maximum Gasteiger partial charge on any atom is 0.394 e. The highest BCUT2D eigenvalue weighted by atomic mass is 19.4. The molecule has 12 heteroatoms. The molecule has 2 atom stereocenters. The van der Waals surface area contributed by atoms with Crippen molar-refractivity contribution < 1.29 is 22.7 Å². The second-order valence-electron chi connectivity index (χ2n) is 11.0. The lowest BCUT2D eigenvalue weighted by molar-refractivity contribution is -0.337. The molecular formula is C27H27F3N6O3. The molecule has 0 aromatic carbocycles. The minimum absolute atomic E-state index is 0.0119. The van der Waals surface area contributed by atoms with Gasteiger partial charge in [-0.2, -0.15) is 13.2 Å². The molecule has 3 saturated carbocycles. The number of nitrogens with one attached hydrogen (secondary N) is 1. The topological polar surface area (TPSA) is 112 Å². The van der Waals surface area contributed by atoms with Crippen molar-refractivity contribution in [2.75, 3.05) is 12.0 Å². The van der Waals surface area contributed by atoms with Crippen molar-refractivity contribution >= 4 is 17.1 Å². The number of nitrogens with zero attached hydrogens (tertiary/aromatic N) is 5. The Morgan fingerprint density at radius 3 is 2.56 bits per heavy atom. The summed E-state index contributed by atoms with van der Waals surface area (Å²) < 4.78 is 48.0. The molecule has 2 unspecified atom stereocenters. The van der Waals surface area contributed by atoms with Gasteiger partial charge in [-0.15, -0.1) is 0 Å². The molecule has 4 fully saturated rings. The summed E-state index contributed by atoms with van der Waals surface area (Å²) in [6.45, 7) is 7.43. The summed E-state index contributed by atoms with van der Waals surface area (Å²) in [5, 5.41) is 0. The van der Waals surface area contributed by atoms with E-state index in [1.165, 1.54) is 12.3 Å². The number of hydrogen-bond acceptors (Lipinski definition) is 7. The number of fused-ring (bicyclic) bond motifs is 1. The predicted octanol–water partition coefficient (Wildman–Crippen LogP) is 4.07. The summed E-state index contributed by atoms with van der Waals surface area (Å²) in [5.41, 5.74) is 3.26. The van der Waals surface area contributed by atoms with Crippen LogP contribution in [0.5, 0.6) is 0 Å². The average Bonchev–Trinajstić information content (AvgIpc) is 2.83. The van der Waals surface area contributed by atoms with Crippen molar-refractivity contribution in [1.29, 1.82) is 0 Å². The van der Waals surface area contributed by atoms with E-state index in [-0.39, 0.29) is 25.2 Å². The van der Waals surface area contributed by atoms with Crippen molar-refractivity contribution in [2.45, 2.75) is 69.6 Å². The van der Waals surface area contributed by atoms with Crippen LogP contribution >= 0.6 is 0 Å². The molecule has 39 heavy (non-hydrogen) atoms. The first kappa shape index (κ1) is 25.6.